The van der Waals surface area contributed by atoms with E-state index in [1.165, 1.54) is 18.5 Å². The molecule has 1 aliphatic carbocycles. The maximum Gasteiger partial charge on any atom is 0.262 e. The molecule has 1 aromatic heterocycles. The molecule has 2 aliphatic heterocycles. The molecule has 1 saturated carbocycles. The normalized spacial score (nSPS) is 20.9. The van der Waals surface area contributed by atoms with Crippen LogP contribution in [0.4, 0.5) is 5.82 Å². The molecule has 0 radical (unpaired) electrons. The quantitative estimate of drug-likeness (QED) is 0.0883. The van der Waals surface area contributed by atoms with E-state index in [9.17, 15) is 32.9 Å². The lowest BCUT2D eigenvalue weighted by molar-refractivity contribution is -0.136. The highest BCUT2D eigenvalue weighted by atomic mass is 32.2. The average Bonchev–Trinajstić information content (AvgIpc) is 3.45. The lowest BCUT2D eigenvalue weighted by atomic mass is 9.80. The van der Waals surface area contributed by atoms with Crippen molar-refractivity contribution in [1.29, 1.82) is 5.26 Å². The van der Waals surface area contributed by atoms with Crippen molar-refractivity contribution in [1.82, 2.24) is 30.2 Å². The number of nitrogens with zero attached hydrogens (tertiary/aromatic N) is 4. The van der Waals surface area contributed by atoms with Crippen LogP contribution in [0, 0.1) is 11.3 Å². The van der Waals surface area contributed by atoms with E-state index in [-0.39, 0.29) is 87.5 Å². The number of hydrogen-bond acceptors (Lipinski definition) is 15. The third kappa shape index (κ3) is 11.1. The fourth-order valence-electron chi connectivity index (χ4n) is 7.12. The fraction of sp³-hybridized carbons (Fsp3) is 0.513. The Morgan fingerprint density at radius 3 is 2.31 bits per heavy atom. The first kappa shape index (κ1) is 42.5. The third-order valence-corrected chi connectivity index (χ3v) is 11.6. The van der Waals surface area contributed by atoms with Crippen LogP contribution in [0.5, 0.6) is 5.75 Å². The monoisotopic (exact) mass is 820 g/mol. The number of sulfonamides is 1. The van der Waals surface area contributed by atoms with Gasteiger partial charge in [0, 0.05) is 36.5 Å². The minimum absolute atomic E-state index is 0.0328. The summed E-state index contributed by atoms with van der Waals surface area (Å²) in [6.45, 7) is 4.47. The molecule has 2 fully saturated rings. The number of rotatable bonds is 21. The van der Waals surface area contributed by atoms with Gasteiger partial charge in [0.2, 0.25) is 21.8 Å². The first-order chi connectivity index (χ1) is 27.9. The molecule has 6 rings (SSSR count). The van der Waals surface area contributed by atoms with Crippen LogP contribution in [0.3, 0.4) is 0 Å². The Morgan fingerprint density at radius 2 is 1.59 bits per heavy atom. The molecule has 1 saturated heterocycles. The summed E-state index contributed by atoms with van der Waals surface area (Å²) >= 11 is 0. The Hall–Kier alpha value is -5.10. The lowest BCUT2D eigenvalue weighted by Gasteiger charge is -2.39. The summed E-state index contributed by atoms with van der Waals surface area (Å²) in [4.78, 5) is 59.2. The largest absolute Gasteiger partial charge is 0.491 e. The van der Waals surface area contributed by atoms with Crippen LogP contribution in [0.25, 0.3) is 10.9 Å². The molecular weight excluding hydrogens is 773 g/mol. The summed E-state index contributed by atoms with van der Waals surface area (Å²) < 4.78 is 49.6. The van der Waals surface area contributed by atoms with Crippen LogP contribution in [-0.2, 0) is 33.8 Å². The molecule has 3 aliphatic rings. The number of imide groups is 2. The minimum atomic E-state index is -3.50. The molecule has 4 N–H and O–H groups in total. The Labute approximate surface area is 336 Å². The van der Waals surface area contributed by atoms with Crippen LogP contribution in [0.2, 0.25) is 0 Å². The predicted octanol–water partition coefficient (Wildman–Crippen LogP) is 1.65. The van der Waals surface area contributed by atoms with Gasteiger partial charge >= 0.3 is 0 Å². The molecule has 19 heteroatoms. The number of benzene rings is 2. The van der Waals surface area contributed by atoms with E-state index in [1.807, 2.05) is 6.07 Å². The fourth-order valence-corrected chi connectivity index (χ4v) is 8.01. The summed E-state index contributed by atoms with van der Waals surface area (Å²) in [5.41, 5.74) is 1.46. The lowest BCUT2D eigenvalue weighted by Crippen LogP contribution is -2.54. The summed E-state index contributed by atoms with van der Waals surface area (Å²) in [6.07, 6.45) is 5.28. The van der Waals surface area contributed by atoms with E-state index >= 15 is 0 Å². The second kappa shape index (κ2) is 19.6. The van der Waals surface area contributed by atoms with Crippen molar-refractivity contribution in [3.8, 4) is 11.8 Å². The number of fused-ring (bicyclic) bond motifs is 2. The second-order valence-electron chi connectivity index (χ2n) is 14.5. The Morgan fingerprint density at radius 1 is 0.879 bits per heavy atom. The van der Waals surface area contributed by atoms with Crippen molar-refractivity contribution >= 4 is 50.4 Å². The van der Waals surface area contributed by atoms with Gasteiger partial charge in [0.1, 0.15) is 30.5 Å². The van der Waals surface area contributed by atoms with E-state index in [0.29, 0.717) is 30.3 Å². The number of carbonyl (C=O) groups is 4. The van der Waals surface area contributed by atoms with E-state index < -0.39 is 39.7 Å². The molecular formula is C39H48N8O10S. The topological polar surface area (TPSA) is 240 Å². The van der Waals surface area contributed by atoms with Gasteiger partial charge in [-0.15, -0.1) is 0 Å². The number of ether oxygens (including phenoxy) is 4. The van der Waals surface area contributed by atoms with Crippen molar-refractivity contribution < 1.29 is 46.5 Å². The van der Waals surface area contributed by atoms with Crippen molar-refractivity contribution in [2.45, 2.75) is 63.1 Å². The smallest absolute Gasteiger partial charge is 0.262 e. The van der Waals surface area contributed by atoms with Gasteiger partial charge in [0.25, 0.3) is 11.8 Å². The summed E-state index contributed by atoms with van der Waals surface area (Å²) in [7, 11) is -3.50. The van der Waals surface area contributed by atoms with Gasteiger partial charge in [0.05, 0.1) is 73.7 Å². The number of aromatic nitrogens is 2. The van der Waals surface area contributed by atoms with E-state index in [4.69, 9.17) is 18.9 Å². The standard InChI is InChI=1S/C39H48N8O10S/c1-39(46-35-31-22-26(24-40)2-5-32(31)42-25-43-35)10-8-27(9-11-39)41-12-13-44-58(52,53)21-20-56-17-16-54-14-15-55-18-19-57-28-3-4-29-30(23-28)38(51)47(37(29)50)33-6-7-34(48)45-36(33)49/h2-5,22-23,25,27,33,41,44H,6-21H2,1H3,(H,42,43,46)(H,45,48,49)/t27-,33?,39+. The van der Waals surface area contributed by atoms with Gasteiger partial charge in [-0.05, 0) is 75.4 Å². The van der Waals surface area contributed by atoms with Crippen LogP contribution in [0.1, 0.15) is 71.7 Å². The molecule has 1 atom stereocenters. The zero-order chi connectivity index (χ0) is 41.1. The molecule has 3 heterocycles. The number of piperidine rings is 1. The first-order valence-electron chi connectivity index (χ1n) is 19.3. The minimum Gasteiger partial charge on any atom is -0.491 e. The van der Waals surface area contributed by atoms with Crippen molar-refractivity contribution in [3.05, 3.63) is 59.4 Å². The van der Waals surface area contributed by atoms with E-state index in [1.54, 1.807) is 18.2 Å². The van der Waals surface area contributed by atoms with E-state index in [2.05, 4.69) is 43.6 Å². The third-order valence-electron chi connectivity index (χ3n) is 10.3. The molecule has 0 spiro atoms. The number of nitrogens with one attached hydrogen (secondary N) is 4. The highest BCUT2D eigenvalue weighted by Crippen LogP contribution is 2.33. The Bertz CT molecular complexity index is 2140. The number of hydrogen-bond donors (Lipinski definition) is 4. The predicted molar refractivity (Wildman–Crippen MR) is 209 cm³/mol. The molecule has 310 valence electrons. The number of anilines is 1. The maximum absolute atomic E-state index is 13.0. The van der Waals surface area contributed by atoms with Crippen LogP contribution >= 0.6 is 0 Å². The molecule has 3 aromatic rings. The molecule has 0 bridgehead atoms. The van der Waals surface area contributed by atoms with Crippen LogP contribution in [0.15, 0.2) is 42.7 Å². The first-order valence-corrected chi connectivity index (χ1v) is 21.0. The summed E-state index contributed by atoms with van der Waals surface area (Å²) in [5, 5.41) is 19.3. The van der Waals surface area contributed by atoms with Gasteiger partial charge < -0.3 is 29.6 Å². The highest BCUT2D eigenvalue weighted by molar-refractivity contribution is 7.89. The molecule has 1 unspecified atom stereocenters. The number of amides is 4. The average molecular weight is 821 g/mol. The zero-order valence-electron chi connectivity index (χ0n) is 32.3. The summed E-state index contributed by atoms with van der Waals surface area (Å²) in [6, 6.07) is 11.3. The highest BCUT2D eigenvalue weighted by Gasteiger charge is 2.44. The van der Waals surface area contributed by atoms with Crippen molar-refractivity contribution in [2.24, 2.45) is 0 Å². The zero-order valence-corrected chi connectivity index (χ0v) is 33.1. The van der Waals surface area contributed by atoms with Gasteiger partial charge in [-0.3, -0.25) is 29.4 Å². The summed E-state index contributed by atoms with van der Waals surface area (Å²) in [5.74, 6) is -1.38. The SMILES string of the molecule is C[C@]1(Nc2ncnc3ccc(C#N)cc23)CC[C@@H](NCCNS(=O)(=O)CCOCCOCCOCCOc2ccc3c(c2)C(=O)N(C2CCC(=O)NC2=O)C3=O)CC1. The van der Waals surface area contributed by atoms with E-state index in [0.717, 1.165) is 41.5 Å². The molecule has 58 heavy (non-hydrogen) atoms. The van der Waals surface area contributed by atoms with Crippen LogP contribution in [-0.4, -0.2) is 130 Å². The molecule has 2 aromatic carbocycles. The number of carbonyl (C=O) groups excluding carboxylic acids is 4. The van der Waals surface area contributed by atoms with Crippen LogP contribution < -0.4 is 25.4 Å². The van der Waals surface area contributed by atoms with Crippen molar-refractivity contribution in [3.63, 3.8) is 0 Å². The molecule has 4 amide bonds. The Kier molecular flexibility index (Phi) is 14.3. The van der Waals surface area contributed by atoms with Gasteiger partial charge in [-0.1, -0.05) is 0 Å². The van der Waals surface area contributed by atoms with Gasteiger partial charge in [-0.2, -0.15) is 5.26 Å². The second-order valence-corrected chi connectivity index (χ2v) is 16.5. The van der Waals surface area contributed by atoms with Gasteiger partial charge in [0.15, 0.2) is 0 Å². The van der Waals surface area contributed by atoms with Crippen molar-refractivity contribution in [2.75, 3.05) is 70.4 Å². The van der Waals surface area contributed by atoms with Gasteiger partial charge in [-0.25, -0.2) is 23.1 Å². The maximum atomic E-state index is 13.0. The number of nitriles is 1. The molecule has 18 nitrogen and oxygen atoms in total. The Balaban J connectivity index is 0.760.